The number of aromatic amines is 1. The van der Waals surface area contributed by atoms with Gasteiger partial charge in [0.15, 0.2) is 5.16 Å². The van der Waals surface area contributed by atoms with Crippen molar-refractivity contribution >= 4 is 56.9 Å². The zero-order chi connectivity index (χ0) is 23.3. The Balaban J connectivity index is 1.63. The maximum Gasteiger partial charge on any atom is 0.196 e. The zero-order valence-electron chi connectivity index (χ0n) is 18.6. The molecular weight excluding hydrogens is 460 g/mol. The van der Waals surface area contributed by atoms with E-state index in [9.17, 15) is 0 Å². The minimum atomic E-state index is 0.118. The summed E-state index contributed by atoms with van der Waals surface area (Å²) >= 11 is 8.14. The first kappa shape index (κ1) is 22.0. The second-order valence-corrected chi connectivity index (χ2v) is 9.52. The summed E-state index contributed by atoms with van der Waals surface area (Å²) in [4.78, 5) is 24.9. The van der Waals surface area contributed by atoms with Gasteiger partial charge in [-0.05, 0) is 43.7 Å². The van der Waals surface area contributed by atoms with Crippen molar-refractivity contribution in [1.82, 2.24) is 24.9 Å². The number of anilines is 2. The maximum absolute atomic E-state index is 6.71. The summed E-state index contributed by atoms with van der Waals surface area (Å²) in [6.45, 7) is 5.44. The number of ether oxygens (including phenoxy) is 1. The first-order valence-corrected chi connectivity index (χ1v) is 12.0. The minimum Gasteiger partial charge on any atom is -0.496 e. The standard InChI is InChI=1S/C22H25ClN8OS/c1-4-13-18(23)17-20(28-13)29-22(30-21(17)31-6-5-11(24)9-31)33-12-7-14-16(15(8-12)32-3)19(25)27-10(2)26-14/h7-8,11H,4-6,9,24H2,1-3H3,(H2,25,26,27)(H,28,29,30)/t11-/m1/s1. The molecule has 4 heterocycles. The van der Waals surface area contributed by atoms with Gasteiger partial charge in [-0.15, -0.1) is 0 Å². The quantitative estimate of drug-likeness (QED) is 0.362. The molecule has 3 aromatic heterocycles. The van der Waals surface area contributed by atoms with Crippen LogP contribution in [0.3, 0.4) is 0 Å². The molecule has 0 bridgehead atoms. The van der Waals surface area contributed by atoms with Crippen LogP contribution in [0.5, 0.6) is 5.75 Å². The lowest BCUT2D eigenvalue weighted by molar-refractivity contribution is 0.419. The van der Waals surface area contributed by atoms with Gasteiger partial charge in [-0.3, -0.25) is 0 Å². The van der Waals surface area contributed by atoms with E-state index in [1.165, 1.54) is 11.8 Å². The molecule has 0 radical (unpaired) electrons. The average molecular weight is 485 g/mol. The summed E-state index contributed by atoms with van der Waals surface area (Å²) in [6, 6.07) is 3.97. The molecule has 1 aromatic carbocycles. The predicted octanol–water partition coefficient (Wildman–Crippen LogP) is 3.70. The van der Waals surface area contributed by atoms with Gasteiger partial charge in [-0.2, -0.15) is 0 Å². The smallest absolute Gasteiger partial charge is 0.196 e. The third-order valence-corrected chi connectivity index (χ3v) is 7.06. The zero-order valence-corrected chi connectivity index (χ0v) is 20.2. The molecule has 11 heteroatoms. The first-order chi connectivity index (χ1) is 15.9. The molecule has 33 heavy (non-hydrogen) atoms. The molecule has 9 nitrogen and oxygen atoms in total. The van der Waals surface area contributed by atoms with Crippen LogP contribution in [-0.2, 0) is 6.42 Å². The number of hydrogen-bond acceptors (Lipinski definition) is 9. The lowest BCUT2D eigenvalue weighted by atomic mass is 10.2. The number of nitrogen functional groups attached to an aromatic ring is 1. The molecule has 0 aliphatic carbocycles. The number of aryl methyl sites for hydroxylation is 2. The van der Waals surface area contributed by atoms with Crippen molar-refractivity contribution in [2.75, 3.05) is 30.8 Å². The molecule has 0 unspecified atom stereocenters. The number of rotatable bonds is 5. The van der Waals surface area contributed by atoms with Crippen LogP contribution in [0.1, 0.15) is 24.9 Å². The maximum atomic E-state index is 6.71. The van der Waals surface area contributed by atoms with Crippen LogP contribution in [0.4, 0.5) is 11.6 Å². The summed E-state index contributed by atoms with van der Waals surface area (Å²) in [5.41, 5.74) is 14.7. The normalized spacial score (nSPS) is 16.3. The number of benzene rings is 1. The summed E-state index contributed by atoms with van der Waals surface area (Å²) in [5.74, 6) is 2.41. The molecule has 1 aliphatic heterocycles. The van der Waals surface area contributed by atoms with E-state index >= 15 is 0 Å². The monoisotopic (exact) mass is 484 g/mol. The van der Waals surface area contributed by atoms with E-state index in [4.69, 9.17) is 37.8 Å². The highest BCUT2D eigenvalue weighted by Crippen LogP contribution is 2.39. The number of H-pyrrole nitrogens is 1. The van der Waals surface area contributed by atoms with Gasteiger partial charge in [0.1, 0.15) is 28.9 Å². The van der Waals surface area contributed by atoms with Crippen molar-refractivity contribution in [2.24, 2.45) is 5.73 Å². The number of fused-ring (bicyclic) bond motifs is 2. The van der Waals surface area contributed by atoms with Crippen LogP contribution >= 0.6 is 23.4 Å². The van der Waals surface area contributed by atoms with Gasteiger partial charge in [-0.1, -0.05) is 18.5 Å². The van der Waals surface area contributed by atoms with E-state index in [1.54, 1.807) is 7.11 Å². The lowest BCUT2D eigenvalue weighted by Gasteiger charge is -2.18. The Labute approximate surface area is 200 Å². The van der Waals surface area contributed by atoms with Gasteiger partial charge >= 0.3 is 0 Å². The molecule has 1 fully saturated rings. The Kier molecular flexibility index (Phi) is 5.67. The highest BCUT2D eigenvalue weighted by molar-refractivity contribution is 7.99. The Morgan fingerprint density at radius 1 is 1.24 bits per heavy atom. The number of nitrogens with two attached hydrogens (primary N) is 2. The number of hydrogen-bond donors (Lipinski definition) is 3. The van der Waals surface area contributed by atoms with E-state index < -0.39 is 0 Å². The van der Waals surface area contributed by atoms with E-state index in [2.05, 4.69) is 26.8 Å². The highest BCUT2D eigenvalue weighted by atomic mass is 35.5. The van der Waals surface area contributed by atoms with Crippen molar-refractivity contribution in [3.63, 3.8) is 0 Å². The fourth-order valence-electron chi connectivity index (χ4n) is 4.24. The molecule has 5 rings (SSSR count). The molecule has 1 saturated heterocycles. The fraction of sp³-hybridized carbons (Fsp3) is 0.364. The van der Waals surface area contributed by atoms with Gasteiger partial charge in [0.05, 0.1) is 28.4 Å². The van der Waals surface area contributed by atoms with E-state index in [-0.39, 0.29) is 6.04 Å². The van der Waals surface area contributed by atoms with Gasteiger partial charge in [-0.25, -0.2) is 19.9 Å². The Bertz CT molecular complexity index is 1370. The number of nitrogens with one attached hydrogen (secondary N) is 1. The Morgan fingerprint density at radius 2 is 2.06 bits per heavy atom. The molecule has 172 valence electrons. The van der Waals surface area contributed by atoms with E-state index in [1.807, 2.05) is 19.1 Å². The SMILES string of the molecule is CCc1[nH]c2nc(Sc3cc(OC)c4c(N)nc(C)nc4c3)nc(N3CC[C@@H](N)C3)c2c1Cl. The van der Waals surface area contributed by atoms with Gasteiger partial charge in [0.2, 0.25) is 0 Å². The van der Waals surface area contributed by atoms with Crippen LogP contribution in [-0.4, -0.2) is 51.2 Å². The number of nitrogens with zero attached hydrogens (tertiary/aromatic N) is 5. The number of aromatic nitrogens is 5. The second-order valence-electron chi connectivity index (χ2n) is 8.10. The minimum absolute atomic E-state index is 0.118. The third-order valence-electron chi connectivity index (χ3n) is 5.81. The highest BCUT2D eigenvalue weighted by Gasteiger charge is 2.26. The van der Waals surface area contributed by atoms with E-state index in [0.29, 0.717) is 38.5 Å². The van der Waals surface area contributed by atoms with Gasteiger partial charge in [0.25, 0.3) is 0 Å². The summed E-state index contributed by atoms with van der Waals surface area (Å²) in [5, 5.41) is 2.81. The van der Waals surface area contributed by atoms with Crippen LogP contribution in [0.2, 0.25) is 5.02 Å². The van der Waals surface area contributed by atoms with Gasteiger partial charge < -0.3 is 26.1 Å². The number of halogens is 1. The predicted molar refractivity (Wildman–Crippen MR) is 132 cm³/mol. The first-order valence-electron chi connectivity index (χ1n) is 10.8. The topological polar surface area (TPSA) is 132 Å². The van der Waals surface area contributed by atoms with Gasteiger partial charge in [0, 0.05) is 29.7 Å². The Hall–Kier alpha value is -2.82. The third kappa shape index (κ3) is 3.92. The number of methoxy groups -OCH3 is 1. The van der Waals surface area contributed by atoms with Crippen LogP contribution in [0.15, 0.2) is 22.2 Å². The summed E-state index contributed by atoms with van der Waals surface area (Å²) in [6.07, 6.45) is 1.69. The molecular formula is C22H25ClN8OS. The van der Waals surface area contributed by atoms with Crippen molar-refractivity contribution < 1.29 is 4.74 Å². The molecule has 0 saturated carbocycles. The largest absolute Gasteiger partial charge is 0.496 e. The van der Waals surface area contributed by atoms with Crippen molar-refractivity contribution in [1.29, 1.82) is 0 Å². The summed E-state index contributed by atoms with van der Waals surface area (Å²) < 4.78 is 5.59. The van der Waals surface area contributed by atoms with Crippen LogP contribution in [0.25, 0.3) is 21.9 Å². The lowest BCUT2D eigenvalue weighted by Crippen LogP contribution is -2.27. The molecule has 0 amide bonds. The molecule has 0 spiro atoms. The second kappa shape index (κ2) is 8.51. The summed E-state index contributed by atoms with van der Waals surface area (Å²) in [7, 11) is 1.60. The molecule has 5 N–H and O–H groups in total. The molecule has 1 atom stereocenters. The molecule has 4 aromatic rings. The molecule has 1 aliphatic rings. The fourth-order valence-corrected chi connectivity index (χ4v) is 5.42. The van der Waals surface area contributed by atoms with E-state index in [0.717, 1.165) is 53.4 Å². The van der Waals surface area contributed by atoms with Crippen LogP contribution < -0.4 is 21.1 Å². The van der Waals surface area contributed by atoms with Crippen LogP contribution in [0, 0.1) is 6.92 Å². The van der Waals surface area contributed by atoms with Crippen molar-refractivity contribution in [2.45, 2.75) is 42.8 Å². The average Bonchev–Trinajstić information content (AvgIpc) is 3.35. The van der Waals surface area contributed by atoms with Crippen molar-refractivity contribution in [3.8, 4) is 5.75 Å². The van der Waals surface area contributed by atoms with Crippen molar-refractivity contribution in [3.05, 3.63) is 28.7 Å². The Morgan fingerprint density at radius 3 is 2.76 bits per heavy atom.